The first-order chi connectivity index (χ1) is 7.83. The van der Waals surface area contributed by atoms with Gasteiger partial charge in [-0.05, 0) is 26.2 Å². The second kappa shape index (κ2) is 4.43. The third-order valence-electron chi connectivity index (χ3n) is 3.97. The van der Waals surface area contributed by atoms with Crippen LogP contribution in [-0.2, 0) is 0 Å². The first-order valence-corrected chi connectivity index (χ1v) is 7.09. The summed E-state index contributed by atoms with van der Waals surface area (Å²) in [5, 5.41) is 3.73. The van der Waals surface area contributed by atoms with Crippen LogP contribution >= 0.6 is 11.3 Å². The van der Waals surface area contributed by atoms with E-state index in [-0.39, 0.29) is 0 Å². The molecule has 0 aromatic carbocycles. The highest BCUT2D eigenvalue weighted by Crippen LogP contribution is 2.28. The number of likely N-dealkylation sites (tertiary alicyclic amines) is 1. The van der Waals surface area contributed by atoms with Crippen molar-refractivity contribution in [3.8, 4) is 0 Å². The Morgan fingerprint density at radius 3 is 3.12 bits per heavy atom. The molecule has 3 unspecified atom stereocenters. The lowest BCUT2D eigenvalue weighted by Crippen LogP contribution is -2.36. The van der Waals surface area contributed by atoms with Gasteiger partial charge < -0.3 is 5.32 Å². The summed E-state index contributed by atoms with van der Waals surface area (Å²) >= 11 is 1.78. The molecule has 3 rings (SSSR count). The van der Waals surface area contributed by atoms with Crippen LogP contribution in [0.15, 0.2) is 11.7 Å². The lowest BCUT2D eigenvalue weighted by atomic mass is 10.1. The SMILES string of the molecule is CC(c1cncs1)N1CCC2CCC(C1)N2. The molecule has 0 spiro atoms. The van der Waals surface area contributed by atoms with E-state index in [1.165, 1.54) is 37.2 Å². The van der Waals surface area contributed by atoms with E-state index in [0.29, 0.717) is 6.04 Å². The van der Waals surface area contributed by atoms with Crippen LogP contribution in [0, 0.1) is 0 Å². The number of hydrogen-bond donors (Lipinski definition) is 1. The molecule has 0 amide bonds. The zero-order valence-corrected chi connectivity index (χ0v) is 10.5. The third kappa shape index (κ3) is 2.01. The minimum absolute atomic E-state index is 0.536. The van der Waals surface area contributed by atoms with Crippen LogP contribution in [0.25, 0.3) is 0 Å². The van der Waals surface area contributed by atoms with Gasteiger partial charge in [-0.2, -0.15) is 0 Å². The Kier molecular flexibility index (Phi) is 2.96. The Labute approximate surface area is 101 Å². The van der Waals surface area contributed by atoms with Gasteiger partial charge in [-0.15, -0.1) is 11.3 Å². The van der Waals surface area contributed by atoms with Crippen molar-refractivity contribution in [1.29, 1.82) is 0 Å². The average Bonchev–Trinajstić information content (AvgIpc) is 2.87. The molecule has 2 fully saturated rings. The molecule has 2 saturated heterocycles. The van der Waals surface area contributed by atoms with Crippen molar-refractivity contribution in [3.05, 3.63) is 16.6 Å². The van der Waals surface area contributed by atoms with Crippen molar-refractivity contribution >= 4 is 11.3 Å². The predicted octanol–water partition coefficient (Wildman–Crippen LogP) is 2.03. The predicted molar refractivity (Wildman–Crippen MR) is 66.7 cm³/mol. The molecule has 0 aliphatic carbocycles. The van der Waals surface area contributed by atoms with Crippen LogP contribution in [0.3, 0.4) is 0 Å². The van der Waals surface area contributed by atoms with Crippen LogP contribution in [0.4, 0.5) is 0 Å². The first-order valence-electron chi connectivity index (χ1n) is 6.21. The Balaban J connectivity index is 1.70. The summed E-state index contributed by atoms with van der Waals surface area (Å²) in [6, 6.07) is 2.04. The maximum atomic E-state index is 4.19. The maximum Gasteiger partial charge on any atom is 0.0794 e. The van der Waals surface area contributed by atoms with E-state index in [9.17, 15) is 0 Å². The van der Waals surface area contributed by atoms with Gasteiger partial charge in [0.25, 0.3) is 0 Å². The van der Waals surface area contributed by atoms with Crippen molar-refractivity contribution in [3.63, 3.8) is 0 Å². The molecule has 3 heterocycles. The molecule has 1 aromatic rings. The van der Waals surface area contributed by atoms with Gasteiger partial charge in [-0.25, -0.2) is 0 Å². The zero-order chi connectivity index (χ0) is 11.0. The quantitative estimate of drug-likeness (QED) is 0.853. The molecule has 3 atom stereocenters. The van der Waals surface area contributed by atoms with Crippen molar-refractivity contribution in [2.45, 2.75) is 44.3 Å². The van der Waals surface area contributed by atoms with Crippen LogP contribution < -0.4 is 5.32 Å². The molecule has 16 heavy (non-hydrogen) atoms. The van der Waals surface area contributed by atoms with Crippen molar-refractivity contribution in [1.82, 2.24) is 15.2 Å². The molecular formula is C12H19N3S. The highest BCUT2D eigenvalue weighted by atomic mass is 32.1. The Morgan fingerprint density at radius 1 is 1.44 bits per heavy atom. The number of rotatable bonds is 2. The van der Waals surface area contributed by atoms with Gasteiger partial charge >= 0.3 is 0 Å². The van der Waals surface area contributed by atoms with E-state index >= 15 is 0 Å². The van der Waals surface area contributed by atoms with Gasteiger partial charge in [0, 0.05) is 42.3 Å². The van der Waals surface area contributed by atoms with Gasteiger partial charge in [-0.1, -0.05) is 0 Å². The van der Waals surface area contributed by atoms with E-state index in [1.54, 1.807) is 11.3 Å². The lowest BCUT2D eigenvalue weighted by Gasteiger charge is -2.29. The fourth-order valence-electron chi connectivity index (χ4n) is 2.93. The average molecular weight is 237 g/mol. The van der Waals surface area contributed by atoms with Crippen molar-refractivity contribution < 1.29 is 0 Å². The third-order valence-corrected chi connectivity index (χ3v) is 4.91. The summed E-state index contributed by atoms with van der Waals surface area (Å²) in [5.41, 5.74) is 1.94. The van der Waals surface area contributed by atoms with Gasteiger partial charge in [0.05, 0.1) is 5.51 Å². The zero-order valence-electron chi connectivity index (χ0n) is 9.72. The van der Waals surface area contributed by atoms with Crippen LogP contribution in [0.5, 0.6) is 0 Å². The highest BCUT2D eigenvalue weighted by Gasteiger charge is 2.31. The summed E-state index contributed by atoms with van der Waals surface area (Å²) in [4.78, 5) is 8.20. The normalized spacial score (nSPS) is 32.6. The number of thiazole rings is 1. The van der Waals surface area contributed by atoms with Gasteiger partial charge in [0.15, 0.2) is 0 Å². The van der Waals surface area contributed by atoms with Crippen molar-refractivity contribution in [2.24, 2.45) is 0 Å². The number of nitrogens with one attached hydrogen (secondary N) is 1. The number of fused-ring (bicyclic) bond motifs is 2. The molecule has 1 aromatic heterocycles. The van der Waals surface area contributed by atoms with Gasteiger partial charge in [0.1, 0.15) is 0 Å². The fraction of sp³-hybridized carbons (Fsp3) is 0.750. The molecule has 0 radical (unpaired) electrons. The minimum Gasteiger partial charge on any atom is -0.310 e. The largest absolute Gasteiger partial charge is 0.310 e. The standard InChI is InChI=1S/C12H19N3S/c1-9(12-6-13-8-16-12)15-5-4-10-2-3-11(7-15)14-10/h6,8-11,14H,2-5,7H2,1H3. The minimum atomic E-state index is 0.536. The lowest BCUT2D eigenvalue weighted by molar-refractivity contribution is 0.202. The molecule has 0 saturated carbocycles. The van der Waals surface area contributed by atoms with E-state index in [2.05, 4.69) is 22.1 Å². The number of nitrogens with zero attached hydrogens (tertiary/aromatic N) is 2. The van der Waals surface area contributed by atoms with Gasteiger partial charge in [0.2, 0.25) is 0 Å². The molecule has 2 aliphatic heterocycles. The maximum absolute atomic E-state index is 4.19. The summed E-state index contributed by atoms with van der Waals surface area (Å²) in [6.45, 7) is 4.75. The topological polar surface area (TPSA) is 28.2 Å². The monoisotopic (exact) mass is 237 g/mol. The summed E-state index contributed by atoms with van der Waals surface area (Å²) in [7, 11) is 0. The summed E-state index contributed by atoms with van der Waals surface area (Å²) in [5.74, 6) is 0. The second-order valence-corrected chi connectivity index (χ2v) is 5.92. The number of hydrogen-bond acceptors (Lipinski definition) is 4. The Hall–Kier alpha value is -0.450. The smallest absolute Gasteiger partial charge is 0.0794 e. The van der Waals surface area contributed by atoms with Crippen molar-refractivity contribution in [2.75, 3.05) is 13.1 Å². The van der Waals surface area contributed by atoms with Crippen LogP contribution in [0.2, 0.25) is 0 Å². The molecule has 4 heteroatoms. The second-order valence-electron chi connectivity index (χ2n) is 5.00. The Morgan fingerprint density at radius 2 is 2.31 bits per heavy atom. The Bertz CT molecular complexity index is 338. The number of aromatic nitrogens is 1. The van der Waals surface area contributed by atoms with E-state index in [4.69, 9.17) is 0 Å². The van der Waals surface area contributed by atoms with E-state index in [1.807, 2.05) is 11.7 Å². The first kappa shape index (κ1) is 10.7. The molecular weight excluding hydrogens is 218 g/mol. The highest BCUT2D eigenvalue weighted by molar-refractivity contribution is 7.09. The van der Waals surface area contributed by atoms with Gasteiger partial charge in [-0.3, -0.25) is 9.88 Å². The molecule has 2 aliphatic rings. The molecule has 88 valence electrons. The molecule has 2 bridgehead atoms. The molecule has 1 N–H and O–H groups in total. The fourth-order valence-corrected chi connectivity index (χ4v) is 3.64. The van der Waals surface area contributed by atoms with Crippen LogP contribution in [-0.4, -0.2) is 35.1 Å². The summed E-state index contributed by atoms with van der Waals surface area (Å²) < 4.78 is 0. The van der Waals surface area contributed by atoms with Crippen LogP contribution in [0.1, 0.15) is 37.1 Å². The summed E-state index contributed by atoms with van der Waals surface area (Å²) in [6.07, 6.45) is 6.07. The van der Waals surface area contributed by atoms with E-state index in [0.717, 1.165) is 12.1 Å². The molecule has 3 nitrogen and oxygen atoms in total. The van der Waals surface area contributed by atoms with E-state index < -0.39 is 0 Å².